The van der Waals surface area contributed by atoms with E-state index >= 15 is 0 Å². The Morgan fingerprint density at radius 1 is 1.58 bits per heavy atom. The van der Waals surface area contributed by atoms with Crippen molar-refractivity contribution in [3.8, 4) is 0 Å². The van der Waals surface area contributed by atoms with Crippen molar-refractivity contribution in [2.24, 2.45) is 0 Å². The van der Waals surface area contributed by atoms with Crippen LogP contribution < -0.4 is 5.32 Å². The van der Waals surface area contributed by atoms with Crippen LogP contribution in [0.1, 0.15) is 24.7 Å². The summed E-state index contributed by atoms with van der Waals surface area (Å²) in [6.07, 6.45) is -0.0372. The molecule has 0 spiro atoms. The molecule has 0 aliphatic carbocycles. The predicted molar refractivity (Wildman–Crippen MR) is 67.7 cm³/mol. The van der Waals surface area contributed by atoms with Crippen LogP contribution in [0.2, 0.25) is 0 Å². The number of hydrogen-bond acceptors (Lipinski definition) is 5. The Morgan fingerprint density at radius 2 is 2.21 bits per heavy atom. The molecule has 1 aromatic rings. The van der Waals surface area contributed by atoms with Crippen molar-refractivity contribution in [3.63, 3.8) is 0 Å². The van der Waals surface area contributed by atoms with Gasteiger partial charge in [0, 0.05) is 6.54 Å². The average Bonchev–Trinajstić information content (AvgIpc) is 2.61. The summed E-state index contributed by atoms with van der Waals surface area (Å²) >= 11 is 0. The van der Waals surface area contributed by atoms with E-state index in [9.17, 15) is 20.0 Å². The highest BCUT2D eigenvalue weighted by molar-refractivity contribution is 5.75. The van der Waals surface area contributed by atoms with Gasteiger partial charge in [0.2, 0.25) is 5.91 Å². The number of amides is 1. The van der Waals surface area contributed by atoms with Gasteiger partial charge in [0.1, 0.15) is 17.9 Å². The second-order valence-corrected chi connectivity index (χ2v) is 4.30. The summed E-state index contributed by atoms with van der Waals surface area (Å²) in [6.45, 7) is 4.95. The van der Waals surface area contributed by atoms with E-state index in [-0.39, 0.29) is 30.4 Å². The highest BCUT2D eigenvalue weighted by Gasteiger charge is 2.22. The van der Waals surface area contributed by atoms with E-state index in [0.717, 1.165) is 0 Å². The highest BCUT2D eigenvalue weighted by atomic mass is 16.6. The van der Waals surface area contributed by atoms with Crippen molar-refractivity contribution >= 4 is 11.6 Å². The molecule has 1 atom stereocenters. The predicted octanol–water partition coefficient (Wildman–Crippen LogP) is 0.295. The standard InChI is InChI=1S/C11H18N4O4/c1-4-9(16)5-12-10(17)6-14-8(3)11(15(18)19)7(2)13-14/h9,16H,4-6H2,1-3H3,(H,12,17). The van der Waals surface area contributed by atoms with Gasteiger partial charge in [-0.1, -0.05) is 6.92 Å². The summed E-state index contributed by atoms with van der Waals surface area (Å²) < 4.78 is 1.29. The Hall–Kier alpha value is -1.96. The van der Waals surface area contributed by atoms with Crippen LogP contribution in [-0.2, 0) is 11.3 Å². The van der Waals surface area contributed by atoms with Gasteiger partial charge in [-0.2, -0.15) is 5.10 Å². The lowest BCUT2D eigenvalue weighted by Crippen LogP contribution is -2.34. The number of nitro groups is 1. The van der Waals surface area contributed by atoms with E-state index in [4.69, 9.17) is 0 Å². The summed E-state index contributed by atoms with van der Waals surface area (Å²) in [5.41, 5.74) is 0.555. The maximum atomic E-state index is 11.6. The smallest absolute Gasteiger partial charge is 0.312 e. The topological polar surface area (TPSA) is 110 Å². The number of carbonyl (C=O) groups excluding carboxylic acids is 1. The van der Waals surface area contributed by atoms with Crippen molar-refractivity contribution in [2.75, 3.05) is 6.54 Å². The van der Waals surface area contributed by atoms with Gasteiger partial charge in [0.05, 0.1) is 11.0 Å². The minimum absolute atomic E-state index is 0.0682. The first-order chi connectivity index (χ1) is 8.86. The molecule has 1 amide bonds. The van der Waals surface area contributed by atoms with E-state index in [1.807, 2.05) is 0 Å². The Bertz CT molecular complexity index is 483. The largest absolute Gasteiger partial charge is 0.391 e. The van der Waals surface area contributed by atoms with E-state index in [1.165, 1.54) is 11.6 Å². The molecule has 0 aromatic carbocycles. The lowest BCUT2D eigenvalue weighted by Gasteiger charge is -2.09. The van der Waals surface area contributed by atoms with E-state index in [1.54, 1.807) is 13.8 Å². The number of nitrogens with zero attached hydrogens (tertiary/aromatic N) is 3. The fourth-order valence-electron chi connectivity index (χ4n) is 1.67. The normalized spacial score (nSPS) is 12.2. The fraction of sp³-hybridized carbons (Fsp3) is 0.636. The molecule has 0 saturated carbocycles. The molecule has 0 aliphatic rings. The van der Waals surface area contributed by atoms with Crippen LogP contribution >= 0.6 is 0 Å². The van der Waals surface area contributed by atoms with Crippen molar-refractivity contribution in [1.29, 1.82) is 0 Å². The summed E-state index contributed by atoms with van der Waals surface area (Å²) in [5, 5.41) is 26.7. The Kier molecular flexibility index (Phi) is 4.99. The Labute approximate surface area is 110 Å². The van der Waals surface area contributed by atoms with E-state index < -0.39 is 11.0 Å². The summed E-state index contributed by atoms with van der Waals surface area (Å²) in [7, 11) is 0. The van der Waals surface area contributed by atoms with Crippen LogP contribution in [0.15, 0.2) is 0 Å². The first kappa shape index (κ1) is 15.1. The molecule has 1 heterocycles. The minimum Gasteiger partial charge on any atom is -0.391 e. The Balaban J connectivity index is 2.70. The van der Waals surface area contributed by atoms with Gasteiger partial charge in [-0.15, -0.1) is 0 Å². The van der Waals surface area contributed by atoms with Gasteiger partial charge in [-0.3, -0.25) is 19.6 Å². The van der Waals surface area contributed by atoms with Crippen molar-refractivity contribution in [1.82, 2.24) is 15.1 Å². The molecule has 8 heteroatoms. The number of aliphatic hydroxyl groups excluding tert-OH is 1. The number of aromatic nitrogens is 2. The van der Waals surface area contributed by atoms with Crippen LogP contribution in [0.5, 0.6) is 0 Å². The van der Waals surface area contributed by atoms with Crippen molar-refractivity contribution < 1.29 is 14.8 Å². The second-order valence-electron chi connectivity index (χ2n) is 4.30. The molecule has 1 aromatic heterocycles. The average molecular weight is 270 g/mol. The first-order valence-corrected chi connectivity index (χ1v) is 6.00. The van der Waals surface area contributed by atoms with Crippen LogP contribution in [-0.4, -0.2) is 38.4 Å². The molecular weight excluding hydrogens is 252 g/mol. The van der Waals surface area contributed by atoms with E-state index in [0.29, 0.717) is 12.1 Å². The third-order valence-corrected chi connectivity index (χ3v) is 2.83. The van der Waals surface area contributed by atoms with Gasteiger partial charge in [-0.25, -0.2) is 0 Å². The summed E-state index contributed by atoms with van der Waals surface area (Å²) in [5.74, 6) is -0.340. The first-order valence-electron chi connectivity index (χ1n) is 6.00. The molecule has 0 bridgehead atoms. The molecule has 0 fully saturated rings. The molecule has 1 unspecified atom stereocenters. The quantitative estimate of drug-likeness (QED) is 0.570. The highest BCUT2D eigenvalue weighted by Crippen LogP contribution is 2.21. The fourth-order valence-corrected chi connectivity index (χ4v) is 1.67. The monoisotopic (exact) mass is 270 g/mol. The molecule has 0 radical (unpaired) electrons. The number of rotatable bonds is 6. The lowest BCUT2D eigenvalue weighted by atomic mass is 10.3. The van der Waals surface area contributed by atoms with Crippen molar-refractivity contribution in [3.05, 3.63) is 21.5 Å². The zero-order valence-electron chi connectivity index (χ0n) is 11.2. The zero-order chi connectivity index (χ0) is 14.6. The maximum Gasteiger partial charge on any atom is 0.312 e. The van der Waals surface area contributed by atoms with Crippen LogP contribution in [0.4, 0.5) is 5.69 Å². The lowest BCUT2D eigenvalue weighted by molar-refractivity contribution is -0.386. The zero-order valence-corrected chi connectivity index (χ0v) is 11.2. The van der Waals surface area contributed by atoms with Gasteiger partial charge >= 0.3 is 5.69 Å². The third kappa shape index (κ3) is 3.75. The number of hydrogen-bond donors (Lipinski definition) is 2. The Morgan fingerprint density at radius 3 is 2.68 bits per heavy atom. The molecule has 2 N–H and O–H groups in total. The van der Waals surface area contributed by atoms with Gasteiger partial charge < -0.3 is 10.4 Å². The molecule has 106 valence electrons. The SMILES string of the molecule is CCC(O)CNC(=O)Cn1nc(C)c([N+](=O)[O-])c1C. The van der Waals surface area contributed by atoms with E-state index in [2.05, 4.69) is 10.4 Å². The number of carbonyl (C=O) groups is 1. The summed E-state index contributed by atoms with van der Waals surface area (Å²) in [4.78, 5) is 21.9. The molecular formula is C11H18N4O4. The molecule has 0 saturated heterocycles. The number of aryl methyl sites for hydroxylation is 1. The minimum atomic E-state index is -0.584. The molecule has 19 heavy (non-hydrogen) atoms. The third-order valence-electron chi connectivity index (χ3n) is 2.83. The summed E-state index contributed by atoms with van der Waals surface area (Å²) in [6, 6.07) is 0. The maximum absolute atomic E-state index is 11.6. The molecule has 0 aliphatic heterocycles. The van der Waals surface area contributed by atoms with Crippen LogP contribution in [0, 0.1) is 24.0 Å². The van der Waals surface area contributed by atoms with Crippen molar-refractivity contribution in [2.45, 2.75) is 39.8 Å². The second kappa shape index (κ2) is 6.28. The van der Waals surface area contributed by atoms with Crippen LogP contribution in [0.25, 0.3) is 0 Å². The number of nitrogens with one attached hydrogen (secondary N) is 1. The molecule has 8 nitrogen and oxygen atoms in total. The van der Waals surface area contributed by atoms with Gasteiger partial charge in [-0.05, 0) is 20.3 Å². The van der Waals surface area contributed by atoms with Crippen LogP contribution in [0.3, 0.4) is 0 Å². The van der Waals surface area contributed by atoms with Gasteiger partial charge in [0.15, 0.2) is 0 Å². The van der Waals surface area contributed by atoms with Gasteiger partial charge in [0.25, 0.3) is 0 Å². The molecule has 1 rings (SSSR count). The number of aliphatic hydroxyl groups is 1.